The lowest BCUT2D eigenvalue weighted by molar-refractivity contribution is 1.30. The smallest absolute Gasteiger partial charge is 0.0540 e. The highest BCUT2D eigenvalue weighted by Gasteiger charge is 2.17. The van der Waals surface area contributed by atoms with Crippen LogP contribution in [0.2, 0.25) is 0 Å². The van der Waals surface area contributed by atoms with Crippen LogP contribution in [0.3, 0.4) is 0 Å². The molecule has 9 aromatic carbocycles. The van der Waals surface area contributed by atoms with Crippen LogP contribution < -0.4 is 4.90 Å². The lowest BCUT2D eigenvalue weighted by Gasteiger charge is -2.27. The van der Waals surface area contributed by atoms with E-state index in [-0.39, 0.29) is 0 Å². The third-order valence-corrected chi connectivity index (χ3v) is 9.42. The molecule has 0 radical (unpaired) electrons. The fourth-order valence-electron chi connectivity index (χ4n) is 7.20. The summed E-state index contributed by atoms with van der Waals surface area (Å²) in [6.07, 6.45) is 0. The number of anilines is 3. The number of hydrogen-bond donors (Lipinski definition) is 0. The molecule has 0 fully saturated rings. The van der Waals surface area contributed by atoms with Crippen LogP contribution in [0.25, 0.3) is 65.3 Å². The Morgan fingerprint density at radius 3 is 1.64 bits per heavy atom. The average molecular weight is 598 g/mol. The van der Waals surface area contributed by atoms with E-state index in [4.69, 9.17) is 0 Å². The molecule has 0 heterocycles. The Balaban J connectivity index is 1.23. The molecule has 0 saturated heterocycles. The summed E-state index contributed by atoms with van der Waals surface area (Å²) in [6, 6.07) is 68.3. The van der Waals surface area contributed by atoms with Gasteiger partial charge in [-0.25, -0.2) is 0 Å². The monoisotopic (exact) mass is 597 g/mol. The van der Waals surface area contributed by atoms with Gasteiger partial charge in [0.2, 0.25) is 0 Å². The van der Waals surface area contributed by atoms with Crippen molar-refractivity contribution in [1.29, 1.82) is 0 Å². The highest BCUT2D eigenvalue weighted by atomic mass is 15.1. The van der Waals surface area contributed by atoms with Crippen LogP contribution >= 0.6 is 0 Å². The highest BCUT2D eigenvalue weighted by molar-refractivity contribution is 6.14. The van der Waals surface area contributed by atoms with Crippen molar-refractivity contribution in [3.63, 3.8) is 0 Å². The minimum Gasteiger partial charge on any atom is -0.310 e. The minimum absolute atomic E-state index is 1.12. The molecule has 9 rings (SSSR count). The molecule has 0 unspecified atom stereocenters. The topological polar surface area (TPSA) is 3.24 Å². The second kappa shape index (κ2) is 11.3. The Hall–Kier alpha value is -6.18. The number of hydrogen-bond acceptors (Lipinski definition) is 1. The van der Waals surface area contributed by atoms with Crippen LogP contribution in [0, 0.1) is 0 Å². The Morgan fingerprint density at radius 1 is 0.277 bits per heavy atom. The van der Waals surface area contributed by atoms with E-state index in [1.165, 1.54) is 65.3 Å². The average Bonchev–Trinajstić information content (AvgIpc) is 3.15. The summed E-state index contributed by atoms with van der Waals surface area (Å²) in [5.74, 6) is 0. The van der Waals surface area contributed by atoms with Gasteiger partial charge in [0.25, 0.3) is 0 Å². The van der Waals surface area contributed by atoms with Crippen molar-refractivity contribution >= 4 is 60.2 Å². The first-order valence-electron chi connectivity index (χ1n) is 16.2. The fourth-order valence-corrected chi connectivity index (χ4v) is 7.20. The molecule has 0 amide bonds. The van der Waals surface area contributed by atoms with E-state index in [0.717, 1.165) is 17.1 Å². The maximum atomic E-state index is 2.40. The number of nitrogens with zero attached hydrogens (tertiary/aromatic N) is 1. The Labute approximate surface area is 274 Å². The van der Waals surface area contributed by atoms with Gasteiger partial charge in [-0.15, -0.1) is 0 Å². The standard InChI is InChI=1S/C46H31N/c1-4-19-39-32(12-1)15-10-24-40(39)34-26-28-37(29-27-34)47(46-25-11-16-33-13-2-6-21-42(33)46)38-18-9-17-35(30-38)45-31-36-14-3-5-20-41(36)43-22-7-8-23-44(43)45/h1-31H. The summed E-state index contributed by atoms with van der Waals surface area (Å²) in [7, 11) is 0. The molecule has 0 spiro atoms. The lowest BCUT2D eigenvalue weighted by Crippen LogP contribution is -2.10. The van der Waals surface area contributed by atoms with E-state index in [9.17, 15) is 0 Å². The van der Waals surface area contributed by atoms with E-state index < -0.39 is 0 Å². The molecule has 220 valence electrons. The van der Waals surface area contributed by atoms with Crippen LogP contribution in [0.1, 0.15) is 0 Å². The Bertz CT molecular complexity index is 2570. The number of rotatable bonds is 5. The first-order valence-corrected chi connectivity index (χ1v) is 16.2. The van der Waals surface area contributed by atoms with E-state index >= 15 is 0 Å². The molecule has 0 atom stereocenters. The summed E-state index contributed by atoms with van der Waals surface area (Å²) >= 11 is 0. The molecule has 0 aliphatic carbocycles. The molecule has 9 aromatic rings. The van der Waals surface area contributed by atoms with Gasteiger partial charge in [-0.2, -0.15) is 0 Å². The Kier molecular flexibility index (Phi) is 6.54. The third kappa shape index (κ3) is 4.72. The van der Waals surface area contributed by atoms with Gasteiger partial charge in [0.1, 0.15) is 0 Å². The molecule has 0 aromatic heterocycles. The molecule has 1 heteroatoms. The second-order valence-electron chi connectivity index (χ2n) is 12.1. The van der Waals surface area contributed by atoms with Crippen molar-refractivity contribution in [2.24, 2.45) is 0 Å². The lowest BCUT2D eigenvalue weighted by atomic mass is 9.93. The van der Waals surface area contributed by atoms with Crippen LogP contribution in [-0.2, 0) is 0 Å². The zero-order valence-corrected chi connectivity index (χ0v) is 25.8. The predicted molar refractivity (Wildman–Crippen MR) is 202 cm³/mol. The summed E-state index contributed by atoms with van der Waals surface area (Å²) in [5.41, 5.74) is 8.28. The summed E-state index contributed by atoms with van der Waals surface area (Å²) in [4.78, 5) is 2.40. The van der Waals surface area contributed by atoms with Gasteiger partial charge >= 0.3 is 0 Å². The quantitative estimate of drug-likeness (QED) is 0.178. The van der Waals surface area contributed by atoms with Gasteiger partial charge in [0.15, 0.2) is 0 Å². The number of fused-ring (bicyclic) bond motifs is 5. The van der Waals surface area contributed by atoms with Crippen molar-refractivity contribution in [3.8, 4) is 22.3 Å². The van der Waals surface area contributed by atoms with Crippen molar-refractivity contribution in [3.05, 3.63) is 188 Å². The van der Waals surface area contributed by atoms with Gasteiger partial charge in [0, 0.05) is 16.8 Å². The highest BCUT2D eigenvalue weighted by Crippen LogP contribution is 2.42. The van der Waals surface area contributed by atoms with Crippen LogP contribution in [-0.4, -0.2) is 0 Å². The summed E-state index contributed by atoms with van der Waals surface area (Å²) in [6.45, 7) is 0. The zero-order chi connectivity index (χ0) is 31.2. The molecule has 0 bridgehead atoms. The summed E-state index contributed by atoms with van der Waals surface area (Å²) in [5, 5.41) is 10.0. The first-order chi connectivity index (χ1) is 23.3. The normalized spacial score (nSPS) is 11.4. The molecule has 1 nitrogen and oxygen atoms in total. The second-order valence-corrected chi connectivity index (χ2v) is 12.1. The van der Waals surface area contributed by atoms with Crippen molar-refractivity contribution < 1.29 is 0 Å². The van der Waals surface area contributed by atoms with Crippen molar-refractivity contribution in [2.45, 2.75) is 0 Å². The van der Waals surface area contributed by atoms with Gasteiger partial charge < -0.3 is 4.90 Å². The van der Waals surface area contributed by atoms with E-state index in [0.29, 0.717) is 0 Å². The van der Waals surface area contributed by atoms with Gasteiger partial charge in [-0.1, -0.05) is 152 Å². The predicted octanol–water partition coefficient (Wildman–Crippen LogP) is 13.1. The summed E-state index contributed by atoms with van der Waals surface area (Å²) < 4.78 is 0. The molecular formula is C46H31N. The van der Waals surface area contributed by atoms with Gasteiger partial charge in [-0.3, -0.25) is 0 Å². The third-order valence-electron chi connectivity index (χ3n) is 9.42. The van der Waals surface area contributed by atoms with E-state index in [1.807, 2.05) is 0 Å². The molecule has 47 heavy (non-hydrogen) atoms. The SMILES string of the molecule is c1cc(-c2cc3ccccc3c3ccccc23)cc(N(c2ccc(-c3cccc4ccccc34)cc2)c2cccc3ccccc23)c1. The van der Waals surface area contributed by atoms with Crippen molar-refractivity contribution in [1.82, 2.24) is 0 Å². The zero-order valence-electron chi connectivity index (χ0n) is 25.8. The van der Waals surface area contributed by atoms with E-state index in [1.54, 1.807) is 0 Å². The maximum absolute atomic E-state index is 2.40. The molecule has 0 N–H and O–H groups in total. The van der Waals surface area contributed by atoms with Crippen LogP contribution in [0.15, 0.2) is 188 Å². The molecule has 0 aliphatic heterocycles. The van der Waals surface area contributed by atoms with Gasteiger partial charge in [0.05, 0.1) is 5.69 Å². The maximum Gasteiger partial charge on any atom is 0.0540 e. The fraction of sp³-hybridized carbons (Fsp3) is 0. The molecule has 0 aliphatic rings. The molecule has 0 saturated carbocycles. The van der Waals surface area contributed by atoms with Crippen LogP contribution in [0.5, 0.6) is 0 Å². The molecular weight excluding hydrogens is 567 g/mol. The van der Waals surface area contributed by atoms with Crippen molar-refractivity contribution in [2.75, 3.05) is 4.90 Å². The largest absolute Gasteiger partial charge is 0.310 e. The minimum atomic E-state index is 1.12. The number of benzene rings is 9. The van der Waals surface area contributed by atoms with Gasteiger partial charge in [-0.05, 0) is 96.4 Å². The first kappa shape index (κ1) is 27.2. The Morgan fingerprint density at radius 2 is 0.851 bits per heavy atom. The van der Waals surface area contributed by atoms with Crippen LogP contribution in [0.4, 0.5) is 17.1 Å². The van der Waals surface area contributed by atoms with E-state index in [2.05, 4.69) is 193 Å².